The first-order chi connectivity index (χ1) is 18.5. The summed E-state index contributed by atoms with van der Waals surface area (Å²) in [5, 5.41) is 10.6. The van der Waals surface area contributed by atoms with Crippen LogP contribution in [0.5, 0.6) is 0 Å². The minimum Gasteiger partial charge on any atom is -0.396 e. The number of aliphatic hydroxyl groups is 1. The zero-order valence-electron chi connectivity index (χ0n) is 23.9. The van der Waals surface area contributed by atoms with Gasteiger partial charge in [-0.05, 0) is 37.8 Å². The number of aliphatic hydroxyl groups excluding tert-OH is 1. The Balaban J connectivity index is 0.000000680. The van der Waals surface area contributed by atoms with E-state index in [0.717, 1.165) is 20.8 Å². The third kappa shape index (κ3) is 10.2. The van der Waals surface area contributed by atoms with E-state index in [4.69, 9.17) is 11.5 Å². The second-order valence-electron chi connectivity index (χ2n) is 9.97. The fourth-order valence-electron chi connectivity index (χ4n) is 3.68. The van der Waals surface area contributed by atoms with Crippen molar-refractivity contribution < 1.29 is 30.4 Å². The number of fused-ring (bicyclic) bond motifs is 1. The third-order valence-corrected chi connectivity index (χ3v) is 11.7. The topological polar surface area (TPSA) is 129 Å². The van der Waals surface area contributed by atoms with Crippen molar-refractivity contribution in [2.24, 2.45) is 5.92 Å². The van der Waals surface area contributed by atoms with E-state index in [0.29, 0.717) is 17.7 Å². The van der Waals surface area contributed by atoms with E-state index in [-0.39, 0.29) is 42.5 Å². The molecule has 0 heterocycles. The van der Waals surface area contributed by atoms with Crippen LogP contribution in [0.4, 0.5) is 5.69 Å². The molecule has 1 atom stereocenters. The van der Waals surface area contributed by atoms with Crippen molar-refractivity contribution in [1.82, 2.24) is 4.31 Å². The number of hydrogen-bond acceptors (Lipinski definition) is 8. The largest absolute Gasteiger partial charge is 0.396 e. The Morgan fingerprint density at radius 3 is 2.08 bits per heavy atom. The van der Waals surface area contributed by atoms with E-state index in [1.165, 1.54) is 13.0 Å². The molecule has 0 saturated carbocycles. The zero-order chi connectivity index (χ0) is 30.7. The average Bonchev–Trinajstić information content (AvgIpc) is 2.89. The lowest BCUT2D eigenvalue weighted by molar-refractivity contribution is 0.287. The van der Waals surface area contributed by atoms with Gasteiger partial charge in [0.05, 0.1) is 28.2 Å². The van der Waals surface area contributed by atoms with E-state index >= 15 is 0 Å². The van der Waals surface area contributed by atoms with Gasteiger partial charge in [-0.15, -0.1) is 6.42 Å². The molecule has 0 amide bonds. The summed E-state index contributed by atoms with van der Waals surface area (Å²) in [5.74, 6) is 2.61. The first-order valence-corrected chi connectivity index (χ1v) is 17.7. The number of anilines is 1. The second-order valence-corrected chi connectivity index (χ2v) is 16.5. The predicted octanol–water partition coefficient (Wildman–Crippen LogP) is 3.31. The summed E-state index contributed by atoms with van der Waals surface area (Å²) in [7, 11) is -6.82. The van der Waals surface area contributed by atoms with Crippen LogP contribution < -0.4 is 4.90 Å². The lowest BCUT2D eigenvalue weighted by Gasteiger charge is -2.23. The molecule has 0 fully saturated rings. The highest BCUT2D eigenvalue weighted by molar-refractivity contribution is 7.94. The first kappa shape index (κ1) is 35.6. The van der Waals surface area contributed by atoms with E-state index in [2.05, 4.69) is 12.5 Å². The molecule has 0 bridgehead atoms. The highest BCUT2D eigenvalue weighted by Gasteiger charge is 2.29. The summed E-state index contributed by atoms with van der Waals surface area (Å²) in [6, 6.07) is 10.4. The van der Waals surface area contributed by atoms with Crippen LogP contribution in [0.3, 0.4) is 0 Å². The molecule has 0 aliphatic heterocycles. The predicted molar refractivity (Wildman–Crippen MR) is 164 cm³/mol. The highest BCUT2D eigenvalue weighted by Crippen LogP contribution is 2.31. The molecule has 0 aliphatic rings. The van der Waals surface area contributed by atoms with Crippen molar-refractivity contribution in [3.63, 3.8) is 0 Å². The molecule has 40 heavy (non-hydrogen) atoms. The van der Waals surface area contributed by atoms with Crippen LogP contribution in [0.25, 0.3) is 10.8 Å². The number of rotatable bonds is 14. The Bertz CT molecular complexity index is 1490. The molecule has 0 aromatic heterocycles. The van der Waals surface area contributed by atoms with Crippen LogP contribution in [0, 0.1) is 18.3 Å². The number of nitrogens with zero attached hydrogens (tertiary/aromatic N) is 2. The van der Waals surface area contributed by atoms with Crippen LogP contribution in [0.2, 0.25) is 0 Å². The molecule has 0 radical (unpaired) electrons. The molecule has 0 spiro atoms. The summed E-state index contributed by atoms with van der Waals surface area (Å²) in [6.45, 7) is 7.97. The van der Waals surface area contributed by atoms with Crippen LogP contribution in [0.1, 0.15) is 33.6 Å². The van der Waals surface area contributed by atoms with Crippen molar-refractivity contribution in [2.45, 2.75) is 43.8 Å². The van der Waals surface area contributed by atoms with Gasteiger partial charge in [-0.25, -0.2) is 25.3 Å². The fourth-order valence-corrected chi connectivity index (χ4v) is 7.66. The Kier molecular flexibility index (Phi) is 13.8. The van der Waals surface area contributed by atoms with Gasteiger partial charge in [-0.1, -0.05) is 50.6 Å². The molecule has 0 saturated heterocycles. The monoisotopic (exact) mass is 614 g/mol. The van der Waals surface area contributed by atoms with E-state index in [1.54, 1.807) is 18.2 Å². The van der Waals surface area contributed by atoms with E-state index in [9.17, 15) is 25.3 Å². The summed E-state index contributed by atoms with van der Waals surface area (Å²) >= 11 is 0. The van der Waals surface area contributed by atoms with Gasteiger partial charge >= 0.3 is 0 Å². The highest BCUT2D eigenvalue weighted by atomic mass is 32.2. The molecule has 1 unspecified atom stereocenters. The molecule has 2 rings (SSSR count). The maximum atomic E-state index is 13.4. The average molecular weight is 615 g/mol. The Hall–Kier alpha value is -2.43. The van der Waals surface area contributed by atoms with Crippen LogP contribution in [0.15, 0.2) is 53.3 Å². The quantitative estimate of drug-likeness (QED) is 0.321. The summed E-state index contributed by atoms with van der Waals surface area (Å²) in [4.78, 5) is 1.98. The summed E-state index contributed by atoms with van der Waals surface area (Å²) in [5.41, 5.74) is 0.869. The Morgan fingerprint density at radius 1 is 0.950 bits per heavy atom. The molecule has 12 heteroatoms. The van der Waals surface area contributed by atoms with Gasteiger partial charge in [0, 0.05) is 49.1 Å². The fraction of sp³-hybridized carbons (Fsp3) is 0.500. The zero-order valence-corrected chi connectivity index (χ0v) is 26.4. The van der Waals surface area contributed by atoms with E-state index in [1.807, 2.05) is 45.0 Å². The smallest absolute Gasteiger partial charge is 0.244 e. The van der Waals surface area contributed by atoms with Gasteiger partial charge in [-0.3, -0.25) is 0 Å². The van der Waals surface area contributed by atoms with E-state index < -0.39 is 34.9 Å². The number of sulfonamides is 1. The standard InChI is InChI=1S/C21H28N2O5S2.C7H14O2S/c1-5-13-23(14-16-29(25,26)17(2)12-15-24)30(27,28)21-11-7-8-18-19(21)9-6-10-20(18)22(3)4;1-4-10(8,9)6-5-7(2)3/h1,6-11,17,24H,12-16H2,2-4H3;4,7H,1,5-6H2,2-3H3. The molecular formula is C28H42N2O7S3. The van der Waals surface area contributed by atoms with Gasteiger partial charge in [0.25, 0.3) is 0 Å². The first-order valence-electron chi connectivity index (χ1n) is 12.8. The SMILES string of the molecule is C#CCN(CCS(=O)(=O)C(C)CCO)S(=O)(=O)c1cccc2c(N(C)C)cccc12.C=CS(=O)(=O)CCC(C)C. The number of hydrogen-bond donors (Lipinski definition) is 1. The van der Waals surface area contributed by atoms with Crippen molar-refractivity contribution >= 4 is 46.2 Å². The minimum atomic E-state index is -4.03. The van der Waals surface area contributed by atoms with Crippen LogP contribution in [-0.2, 0) is 29.7 Å². The van der Waals surface area contributed by atoms with Gasteiger partial charge in [0.15, 0.2) is 19.7 Å². The Morgan fingerprint density at radius 2 is 1.55 bits per heavy atom. The van der Waals surface area contributed by atoms with Gasteiger partial charge < -0.3 is 10.0 Å². The molecule has 1 N–H and O–H groups in total. The summed E-state index contributed by atoms with van der Waals surface area (Å²) < 4.78 is 74.3. The molecular weight excluding hydrogens is 573 g/mol. The van der Waals surface area contributed by atoms with Crippen LogP contribution >= 0.6 is 0 Å². The number of sulfone groups is 2. The van der Waals surface area contributed by atoms with Crippen molar-refractivity contribution in [1.29, 1.82) is 0 Å². The van der Waals surface area contributed by atoms with Gasteiger partial charge in [0.1, 0.15) is 0 Å². The van der Waals surface area contributed by atoms with Crippen LogP contribution in [-0.4, -0.2) is 85.2 Å². The maximum Gasteiger partial charge on any atom is 0.244 e. The van der Waals surface area contributed by atoms with Gasteiger partial charge in [-0.2, -0.15) is 4.31 Å². The molecule has 224 valence electrons. The second kappa shape index (κ2) is 15.5. The summed E-state index contributed by atoms with van der Waals surface area (Å²) in [6.07, 6.45) is 6.20. The normalized spacial score (nSPS) is 13.0. The molecule has 2 aromatic rings. The number of benzene rings is 2. The third-order valence-electron chi connectivity index (χ3n) is 6.23. The van der Waals surface area contributed by atoms with Crippen molar-refractivity contribution in [3.05, 3.63) is 48.4 Å². The molecule has 2 aromatic carbocycles. The Labute approximate surface area is 240 Å². The van der Waals surface area contributed by atoms with Gasteiger partial charge in [0.2, 0.25) is 10.0 Å². The number of terminal acetylenes is 1. The molecule has 9 nitrogen and oxygen atoms in total. The van der Waals surface area contributed by atoms with Crippen molar-refractivity contribution in [3.8, 4) is 12.3 Å². The maximum absolute atomic E-state index is 13.4. The lowest BCUT2D eigenvalue weighted by Crippen LogP contribution is -2.37. The molecule has 0 aliphatic carbocycles. The minimum absolute atomic E-state index is 0.0831. The van der Waals surface area contributed by atoms with Crippen molar-refractivity contribution in [2.75, 3.05) is 50.2 Å². The lowest BCUT2D eigenvalue weighted by atomic mass is 10.1.